The minimum atomic E-state index is -0.380. The van der Waals surface area contributed by atoms with Crippen LogP contribution in [0.5, 0.6) is 5.75 Å². The van der Waals surface area contributed by atoms with E-state index in [-0.39, 0.29) is 11.9 Å². The van der Waals surface area contributed by atoms with Crippen molar-refractivity contribution in [1.29, 1.82) is 0 Å². The van der Waals surface area contributed by atoms with Crippen LogP contribution in [0.2, 0.25) is 0 Å². The van der Waals surface area contributed by atoms with Crippen LogP contribution < -0.4 is 4.74 Å². The van der Waals surface area contributed by atoms with E-state index in [4.69, 9.17) is 14.2 Å². The van der Waals surface area contributed by atoms with E-state index in [2.05, 4.69) is 0 Å². The van der Waals surface area contributed by atoms with Crippen molar-refractivity contribution in [1.82, 2.24) is 0 Å². The lowest BCUT2D eigenvalue weighted by Gasteiger charge is -2.15. The Morgan fingerprint density at radius 3 is 1.87 bits per heavy atom. The molecule has 0 bridgehead atoms. The lowest BCUT2D eigenvalue weighted by Crippen LogP contribution is -2.01. The first-order chi connectivity index (χ1) is 14.6. The molecule has 0 atom stereocenters. The summed E-state index contributed by atoms with van der Waals surface area (Å²) in [5.74, 6) is -0.0342. The third kappa shape index (κ3) is 3.24. The van der Waals surface area contributed by atoms with Gasteiger partial charge in [-0.2, -0.15) is 0 Å². The van der Waals surface area contributed by atoms with E-state index in [9.17, 15) is 9.59 Å². The second-order valence-corrected chi connectivity index (χ2v) is 6.80. The van der Waals surface area contributed by atoms with Crippen LogP contribution >= 0.6 is 0 Å². The van der Waals surface area contributed by atoms with Crippen LogP contribution in [0.4, 0.5) is 0 Å². The summed E-state index contributed by atoms with van der Waals surface area (Å²) in [6.07, 6.45) is 0. The monoisotopic (exact) mass is 400 g/mol. The first-order valence-electron chi connectivity index (χ1n) is 9.38. The van der Waals surface area contributed by atoms with E-state index >= 15 is 0 Å². The molecule has 0 aromatic heterocycles. The molecule has 0 saturated heterocycles. The molecule has 0 saturated carbocycles. The Labute approximate surface area is 173 Å². The quantitative estimate of drug-likeness (QED) is 0.438. The smallest absolute Gasteiger partial charge is 0.337 e. The summed E-state index contributed by atoms with van der Waals surface area (Å²) in [7, 11) is 4.37. The number of methoxy groups -OCH3 is 3. The van der Waals surface area contributed by atoms with E-state index in [0.717, 1.165) is 38.4 Å². The molecule has 0 unspecified atom stereocenters. The molecule has 5 heteroatoms. The van der Waals surface area contributed by atoms with Gasteiger partial charge in [-0.1, -0.05) is 36.4 Å². The minimum Gasteiger partial charge on any atom is -0.496 e. The van der Waals surface area contributed by atoms with Gasteiger partial charge < -0.3 is 14.2 Å². The Hall–Kier alpha value is -3.86. The maximum Gasteiger partial charge on any atom is 0.337 e. The van der Waals surface area contributed by atoms with Gasteiger partial charge >= 0.3 is 11.9 Å². The number of benzene rings is 4. The third-order valence-electron chi connectivity index (χ3n) is 5.19. The van der Waals surface area contributed by atoms with Crippen molar-refractivity contribution in [2.24, 2.45) is 0 Å². The first-order valence-corrected chi connectivity index (χ1v) is 9.38. The molecule has 0 heterocycles. The number of fused-ring (bicyclic) bond motifs is 2. The fraction of sp³-hybridized carbons (Fsp3) is 0.120. The molecule has 0 fully saturated rings. The van der Waals surface area contributed by atoms with Crippen LogP contribution in [-0.4, -0.2) is 33.3 Å². The first kappa shape index (κ1) is 19.5. The summed E-state index contributed by atoms with van der Waals surface area (Å²) >= 11 is 0. The van der Waals surface area contributed by atoms with E-state index in [1.54, 1.807) is 19.2 Å². The van der Waals surface area contributed by atoms with Gasteiger partial charge in [0, 0.05) is 5.56 Å². The number of ether oxygens (including phenoxy) is 3. The molecule has 30 heavy (non-hydrogen) atoms. The second-order valence-electron chi connectivity index (χ2n) is 6.80. The van der Waals surface area contributed by atoms with Crippen molar-refractivity contribution in [3.05, 3.63) is 77.9 Å². The predicted octanol–water partition coefficient (Wildman–Crippen LogP) is 5.24. The van der Waals surface area contributed by atoms with Crippen molar-refractivity contribution in [2.75, 3.05) is 21.3 Å². The summed E-state index contributed by atoms with van der Waals surface area (Å²) in [4.78, 5) is 23.9. The highest BCUT2D eigenvalue weighted by Gasteiger charge is 2.16. The summed E-state index contributed by atoms with van der Waals surface area (Å²) in [6, 6.07) is 20.7. The summed E-state index contributed by atoms with van der Waals surface area (Å²) in [5.41, 5.74) is 2.87. The Morgan fingerprint density at radius 1 is 0.667 bits per heavy atom. The van der Waals surface area contributed by atoms with Crippen molar-refractivity contribution >= 4 is 33.5 Å². The maximum absolute atomic E-state index is 11.9. The van der Waals surface area contributed by atoms with Gasteiger partial charge in [0.1, 0.15) is 5.75 Å². The molecule has 4 aromatic rings. The topological polar surface area (TPSA) is 61.8 Å². The molecule has 4 rings (SSSR count). The molecule has 0 radical (unpaired) electrons. The molecule has 0 aliphatic rings. The number of hydrogen-bond acceptors (Lipinski definition) is 5. The van der Waals surface area contributed by atoms with E-state index in [1.165, 1.54) is 14.2 Å². The number of esters is 2. The highest BCUT2D eigenvalue weighted by atomic mass is 16.5. The number of rotatable bonds is 4. The molecular formula is C25H20O5. The van der Waals surface area contributed by atoms with Crippen LogP contribution in [0.1, 0.15) is 20.7 Å². The molecule has 0 aliphatic carbocycles. The summed E-state index contributed by atoms with van der Waals surface area (Å²) in [5, 5.41) is 3.75. The van der Waals surface area contributed by atoms with Crippen molar-refractivity contribution in [3.8, 4) is 16.9 Å². The second kappa shape index (κ2) is 7.87. The SMILES string of the molecule is COC(=O)c1ccc2c(-c3c(OC)ccc4cc(C(=O)OC)ccc34)cccc2c1. The zero-order chi connectivity index (χ0) is 21.3. The molecule has 0 amide bonds. The maximum atomic E-state index is 11.9. The zero-order valence-electron chi connectivity index (χ0n) is 16.9. The van der Waals surface area contributed by atoms with Crippen LogP contribution in [0.3, 0.4) is 0 Å². The van der Waals surface area contributed by atoms with Crippen molar-refractivity contribution < 1.29 is 23.8 Å². The fourth-order valence-electron chi connectivity index (χ4n) is 3.75. The molecule has 0 aliphatic heterocycles. The Morgan fingerprint density at radius 2 is 1.27 bits per heavy atom. The van der Waals surface area contributed by atoms with Gasteiger partial charge in [0.05, 0.1) is 32.5 Å². The van der Waals surface area contributed by atoms with E-state index < -0.39 is 0 Å². The largest absolute Gasteiger partial charge is 0.496 e. The van der Waals surface area contributed by atoms with Gasteiger partial charge in [-0.15, -0.1) is 0 Å². The van der Waals surface area contributed by atoms with Gasteiger partial charge in [0.15, 0.2) is 0 Å². The van der Waals surface area contributed by atoms with E-state index in [0.29, 0.717) is 11.1 Å². The van der Waals surface area contributed by atoms with Crippen LogP contribution in [0, 0.1) is 0 Å². The normalized spacial score (nSPS) is 10.8. The molecular weight excluding hydrogens is 380 g/mol. The number of carbonyl (C=O) groups excluding carboxylic acids is 2. The summed E-state index contributed by atoms with van der Waals surface area (Å²) in [6.45, 7) is 0. The number of hydrogen-bond donors (Lipinski definition) is 0. The lowest BCUT2D eigenvalue weighted by molar-refractivity contribution is 0.0592. The van der Waals surface area contributed by atoms with Crippen LogP contribution in [0.25, 0.3) is 32.7 Å². The lowest BCUT2D eigenvalue weighted by atomic mass is 9.92. The highest BCUT2D eigenvalue weighted by Crippen LogP contribution is 2.40. The Balaban J connectivity index is 1.99. The average Bonchev–Trinajstić information content (AvgIpc) is 2.81. The molecule has 150 valence electrons. The fourth-order valence-corrected chi connectivity index (χ4v) is 3.75. The van der Waals surface area contributed by atoms with Crippen LogP contribution in [-0.2, 0) is 9.47 Å². The van der Waals surface area contributed by atoms with Gasteiger partial charge in [-0.05, 0) is 57.4 Å². The predicted molar refractivity (Wildman–Crippen MR) is 116 cm³/mol. The van der Waals surface area contributed by atoms with Gasteiger partial charge in [-0.25, -0.2) is 9.59 Å². The minimum absolute atomic E-state index is 0.375. The van der Waals surface area contributed by atoms with E-state index in [1.807, 2.05) is 54.6 Å². The average molecular weight is 400 g/mol. The Kier molecular flexibility index (Phi) is 5.11. The highest BCUT2D eigenvalue weighted by molar-refractivity contribution is 6.09. The van der Waals surface area contributed by atoms with Gasteiger partial charge in [0.2, 0.25) is 0 Å². The number of carbonyl (C=O) groups is 2. The third-order valence-corrected chi connectivity index (χ3v) is 5.19. The van der Waals surface area contributed by atoms with Crippen LogP contribution in [0.15, 0.2) is 66.7 Å². The zero-order valence-corrected chi connectivity index (χ0v) is 16.9. The van der Waals surface area contributed by atoms with Gasteiger partial charge in [-0.3, -0.25) is 0 Å². The molecule has 5 nitrogen and oxygen atoms in total. The van der Waals surface area contributed by atoms with Gasteiger partial charge in [0.25, 0.3) is 0 Å². The Bertz CT molecular complexity index is 1290. The molecule has 0 spiro atoms. The molecule has 0 N–H and O–H groups in total. The van der Waals surface area contributed by atoms with Crippen molar-refractivity contribution in [2.45, 2.75) is 0 Å². The molecule has 4 aromatic carbocycles. The summed E-state index contributed by atoms with van der Waals surface area (Å²) < 4.78 is 15.3. The van der Waals surface area contributed by atoms with Crippen molar-refractivity contribution in [3.63, 3.8) is 0 Å². The standard InChI is InChI=1S/C25H20O5/c1-28-22-12-9-16-14-18(25(27)30-3)8-11-20(16)23(22)21-6-4-5-15-13-17(24(26)29-2)7-10-19(15)21/h4-14H,1-3H3.